The fourth-order valence-corrected chi connectivity index (χ4v) is 5.02. The molecule has 2 aromatic rings. The van der Waals surface area contributed by atoms with Crippen LogP contribution in [0, 0.1) is 0 Å². The van der Waals surface area contributed by atoms with Crippen LogP contribution in [-0.2, 0) is 21.3 Å². The number of alkyl halides is 1. The topological polar surface area (TPSA) is 97.6 Å². The van der Waals surface area contributed by atoms with Crippen molar-refractivity contribution in [1.29, 1.82) is 0 Å². The molecule has 8 nitrogen and oxygen atoms in total. The maximum atomic E-state index is 12.4. The van der Waals surface area contributed by atoms with Crippen molar-refractivity contribution < 1.29 is 13.2 Å². The Morgan fingerprint density at radius 3 is 2.96 bits per heavy atom. The highest BCUT2D eigenvalue weighted by atomic mass is 79.9. The van der Waals surface area contributed by atoms with E-state index in [2.05, 4.69) is 35.9 Å². The van der Waals surface area contributed by atoms with Gasteiger partial charge < -0.3 is 19.9 Å². The minimum Gasteiger partial charge on any atom is -0.347 e. The van der Waals surface area contributed by atoms with Crippen LogP contribution in [0.5, 0.6) is 0 Å². The van der Waals surface area contributed by atoms with Gasteiger partial charge in [0, 0.05) is 31.3 Å². The summed E-state index contributed by atoms with van der Waals surface area (Å²) in [6, 6.07) is 2.92. The molecule has 134 valence electrons. The van der Waals surface area contributed by atoms with Gasteiger partial charge in [0.1, 0.15) is 4.21 Å². The number of rotatable bonds is 6. The van der Waals surface area contributed by atoms with Crippen LogP contribution in [0.2, 0.25) is 4.34 Å². The van der Waals surface area contributed by atoms with Gasteiger partial charge >= 0.3 is 0 Å². The molecule has 0 amide bonds. The molecule has 0 aliphatic carbocycles. The standard InChI is InChI=1S/C13H13BrClN5O3S2/c14-13(23-8-7-20-6-5-16-9-20)12(17-3-4-18-13)19-25(21,22)11-2-1-10(15)24-11/h1-6,9,18H,7-8H2,(H,17,19)/t13-/m0/s1. The molecule has 3 heterocycles. The van der Waals surface area contributed by atoms with E-state index in [0.717, 1.165) is 11.3 Å². The van der Waals surface area contributed by atoms with E-state index in [1.165, 1.54) is 18.3 Å². The van der Waals surface area contributed by atoms with Crippen molar-refractivity contribution in [2.24, 2.45) is 4.40 Å². The molecule has 0 spiro atoms. The van der Waals surface area contributed by atoms with Crippen molar-refractivity contribution in [1.82, 2.24) is 20.2 Å². The number of hydrogen-bond donors (Lipinski definition) is 2. The number of thiophene rings is 1. The molecule has 1 aliphatic rings. The predicted molar refractivity (Wildman–Crippen MR) is 99.2 cm³/mol. The maximum Gasteiger partial charge on any atom is 0.293 e. The molecule has 0 fully saturated rings. The van der Waals surface area contributed by atoms with Crippen LogP contribution in [-0.4, -0.2) is 35.0 Å². The zero-order chi connectivity index (χ0) is 17.9. The summed E-state index contributed by atoms with van der Waals surface area (Å²) in [5.41, 5.74) is 0. The first-order chi connectivity index (χ1) is 11.9. The van der Waals surface area contributed by atoms with E-state index in [1.807, 2.05) is 4.57 Å². The summed E-state index contributed by atoms with van der Waals surface area (Å²) >= 11 is 10.1. The Morgan fingerprint density at radius 2 is 2.28 bits per heavy atom. The molecule has 0 saturated carbocycles. The summed E-state index contributed by atoms with van der Waals surface area (Å²) in [5.74, 6) is 0.0603. The van der Waals surface area contributed by atoms with Gasteiger partial charge in [-0.05, 0) is 28.1 Å². The highest BCUT2D eigenvalue weighted by molar-refractivity contribution is 9.10. The van der Waals surface area contributed by atoms with Gasteiger partial charge in [-0.3, -0.25) is 0 Å². The lowest BCUT2D eigenvalue weighted by Crippen LogP contribution is -2.54. The van der Waals surface area contributed by atoms with Gasteiger partial charge in [-0.1, -0.05) is 11.6 Å². The number of hydrogen-bond acceptors (Lipinski definition) is 6. The Hall–Kier alpha value is -1.40. The first-order valence-electron chi connectivity index (χ1n) is 6.98. The van der Waals surface area contributed by atoms with Crippen molar-refractivity contribution in [3.05, 3.63) is 47.6 Å². The third-order valence-electron chi connectivity index (χ3n) is 3.10. The Labute approximate surface area is 161 Å². The molecule has 3 rings (SSSR count). The van der Waals surface area contributed by atoms with Crippen molar-refractivity contribution in [3.8, 4) is 0 Å². The maximum absolute atomic E-state index is 12.4. The van der Waals surface area contributed by atoms with Crippen LogP contribution in [0.15, 0.2) is 51.9 Å². The molecule has 0 radical (unpaired) electrons. The first kappa shape index (κ1) is 18.4. The third kappa shape index (κ3) is 4.42. The fraction of sp³-hybridized carbons (Fsp3) is 0.231. The predicted octanol–water partition coefficient (Wildman–Crippen LogP) is 2.11. The number of amidine groups is 1. The summed E-state index contributed by atoms with van der Waals surface area (Å²) in [6.07, 6.45) is 8.24. The average Bonchev–Trinajstić information content (AvgIpc) is 3.21. The van der Waals surface area contributed by atoms with Crippen molar-refractivity contribution >= 4 is 54.7 Å². The summed E-state index contributed by atoms with van der Waals surface area (Å²) in [6.45, 7) is 0.827. The third-order valence-corrected chi connectivity index (χ3v) is 6.91. The van der Waals surface area contributed by atoms with Crippen molar-refractivity contribution in [2.75, 3.05) is 6.61 Å². The molecule has 12 heteroatoms. The molecular weight excluding hydrogens is 454 g/mol. The van der Waals surface area contributed by atoms with E-state index in [-0.39, 0.29) is 16.7 Å². The second-order valence-corrected chi connectivity index (χ2v) is 9.50. The van der Waals surface area contributed by atoms with Gasteiger partial charge in [-0.25, -0.2) is 4.98 Å². The van der Waals surface area contributed by atoms with Crippen LogP contribution < -0.4 is 10.6 Å². The highest BCUT2D eigenvalue weighted by Crippen LogP contribution is 2.28. The first-order valence-corrected chi connectivity index (χ1v) is 10.4. The van der Waals surface area contributed by atoms with Gasteiger partial charge in [0.2, 0.25) is 0 Å². The minimum atomic E-state index is -3.92. The van der Waals surface area contributed by atoms with E-state index in [9.17, 15) is 8.42 Å². The number of halogens is 2. The zero-order valence-electron chi connectivity index (χ0n) is 12.6. The summed E-state index contributed by atoms with van der Waals surface area (Å²) in [5, 5.41) is 5.71. The Balaban J connectivity index is 1.78. The molecule has 1 atom stereocenters. The molecular formula is C13H13BrClN5O3S2. The van der Waals surface area contributed by atoms with Crippen LogP contribution in [0.4, 0.5) is 0 Å². The molecule has 25 heavy (non-hydrogen) atoms. The summed E-state index contributed by atoms with van der Waals surface area (Å²) < 4.78 is 35.5. The number of ether oxygens (including phenoxy) is 1. The lowest BCUT2D eigenvalue weighted by atomic mass is 10.4. The number of aromatic nitrogens is 2. The molecule has 1 aliphatic heterocycles. The van der Waals surface area contributed by atoms with Gasteiger partial charge in [0.15, 0.2) is 5.84 Å². The van der Waals surface area contributed by atoms with E-state index < -0.39 is 14.7 Å². The van der Waals surface area contributed by atoms with Gasteiger partial charge in [-0.15, -0.1) is 15.7 Å². The molecule has 0 aromatic carbocycles. The Morgan fingerprint density at radius 1 is 1.44 bits per heavy atom. The van der Waals surface area contributed by atoms with Crippen LogP contribution in [0.3, 0.4) is 0 Å². The molecule has 0 unspecified atom stereocenters. The minimum absolute atomic E-state index is 0.0506. The fourth-order valence-electron chi connectivity index (χ4n) is 1.94. The summed E-state index contributed by atoms with van der Waals surface area (Å²) in [7, 11) is -3.92. The van der Waals surface area contributed by atoms with E-state index in [4.69, 9.17) is 16.3 Å². The Kier molecular flexibility index (Phi) is 5.49. The zero-order valence-corrected chi connectivity index (χ0v) is 16.6. The lowest BCUT2D eigenvalue weighted by Gasteiger charge is -2.31. The highest BCUT2D eigenvalue weighted by Gasteiger charge is 2.37. The lowest BCUT2D eigenvalue weighted by molar-refractivity contribution is 0.0555. The van der Waals surface area contributed by atoms with E-state index in [0.29, 0.717) is 10.9 Å². The van der Waals surface area contributed by atoms with Crippen LogP contribution in [0.1, 0.15) is 0 Å². The van der Waals surface area contributed by atoms with Crippen molar-refractivity contribution in [2.45, 2.75) is 15.4 Å². The Bertz CT molecular complexity index is 897. The second-order valence-electron chi connectivity index (χ2n) is 4.84. The monoisotopic (exact) mass is 465 g/mol. The van der Waals surface area contributed by atoms with Gasteiger partial charge in [0.25, 0.3) is 14.7 Å². The van der Waals surface area contributed by atoms with E-state index >= 15 is 0 Å². The second kappa shape index (κ2) is 7.46. The van der Waals surface area contributed by atoms with Crippen LogP contribution >= 0.6 is 38.9 Å². The smallest absolute Gasteiger partial charge is 0.293 e. The SMILES string of the molecule is O=S(=O)(N=C1NC=CN[C@]1(Br)OCCn1ccnc1)c1ccc(Cl)s1. The molecule has 0 bridgehead atoms. The molecule has 0 saturated heterocycles. The average molecular weight is 467 g/mol. The normalized spacial score (nSPS) is 21.9. The molecule has 2 N–H and O–H groups in total. The largest absolute Gasteiger partial charge is 0.347 e. The summed E-state index contributed by atoms with van der Waals surface area (Å²) in [4.78, 5) is 3.95. The quantitative estimate of drug-likeness (QED) is 0.500. The number of sulfonamides is 1. The number of imidazole rings is 1. The number of nitrogens with one attached hydrogen (secondary N) is 2. The van der Waals surface area contributed by atoms with Crippen LogP contribution in [0.25, 0.3) is 0 Å². The molecule has 2 aromatic heterocycles. The van der Waals surface area contributed by atoms with Gasteiger partial charge in [-0.2, -0.15) is 8.42 Å². The number of nitrogens with zero attached hydrogens (tertiary/aromatic N) is 3. The van der Waals surface area contributed by atoms with Gasteiger partial charge in [0.05, 0.1) is 17.3 Å². The van der Waals surface area contributed by atoms with E-state index in [1.54, 1.807) is 24.9 Å². The van der Waals surface area contributed by atoms with Crippen molar-refractivity contribution in [3.63, 3.8) is 0 Å².